The van der Waals surface area contributed by atoms with Crippen LogP contribution in [0.25, 0.3) is 21.5 Å². The standard InChI is InChI=1S/C20H15N2O.C11H20O2.Ir/c1-13-9-17(10-14(2)22-13)23-20-11-19-16(12-21-20)8-7-15-5-3-4-6-18(15)19;1-10(2,3)8(12)7-9(13)11(4,5)6;/h3-9,11-12H,1-2H3;7,12H,1-6H3;/q-1;;/b;8-7-;. The molecule has 4 aromatic rings. The molecule has 0 spiro atoms. The second-order valence-corrected chi connectivity index (χ2v) is 11.0. The van der Waals surface area contributed by atoms with Crippen LogP contribution < -0.4 is 4.74 Å². The van der Waals surface area contributed by atoms with E-state index in [0.29, 0.717) is 11.6 Å². The molecule has 2 aromatic carbocycles. The molecule has 0 aliphatic carbocycles. The summed E-state index contributed by atoms with van der Waals surface area (Å²) in [4.78, 5) is 20.2. The van der Waals surface area contributed by atoms with Crippen LogP contribution >= 0.6 is 0 Å². The second kappa shape index (κ2) is 12.0. The molecule has 0 atom stereocenters. The zero-order valence-corrected chi connectivity index (χ0v) is 25.2. The van der Waals surface area contributed by atoms with Gasteiger partial charge >= 0.3 is 0 Å². The summed E-state index contributed by atoms with van der Waals surface area (Å²) in [5.41, 5.74) is 0.953. The Labute approximate surface area is 233 Å². The third kappa shape index (κ3) is 8.21. The number of carbonyl (C=O) groups excluding carboxylic acids is 1. The van der Waals surface area contributed by atoms with Gasteiger partial charge < -0.3 is 9.84 Å². The Kier molecular flexibility index (Phi) is 9.76. The number of carbonyl (C=O) groups is 1. The van der Waals surface area contributed by atoms with Crippen LogP contribution in [-0.4, -0.2) is 20.9 Å². The van der Waals surface area contributed by atoms with Gasteiger partial charge in [0.2, 0.25) is 5.88 Å². The Morgan fingerprint density at radius 1 is 0.919 bits per heavy atom. The van der Waals surface area contributed by atoms with Gasteiger partial charge in [-0.1, -0.05) is 83.6 Å². The number of ketones is 1. The van der Waals surface area contributed by atoms with Crippen LogP contribution in [0.3, 0.4) is 0 Å². The summed E-state index contributed by atoms with van der Waals surface area (Å²) in [6.07, 6.45) is 3.18. The van der Waals surface area contributed by atoms with Crippen LogP contribution in [-0.2, 0) is 24.9 Å². The zero-order chi connectivity index (χ0) is 26.7. The van der Waals surface area contributed by atoms with Crippen molar-refractivity contribution in [2.75, 3.05) is 0 Å². The average molecular weight is 676 g/mol. The van der Waals surface area contributed by atoms with Gasteiger partial charge in [0.05, 0.1) is 0 Å². The van der Waals surface area contributed by atoms with E-state index >= 15 is 0 Å². The molecular weight excluding hydrogens is 641 g/mol. The number of pyridine rings is 2. The predicted octanol–water partition coefficient (Wildman–Crippen LogP) is 8.08. The van der Waals surface area contributed by atoms with E-state index in [1.807, 2.05) is 85.9 Å². The molecule has 0 aliphatic rings. The molecule has 0 aliphatic heterocycles. The van der Waals surface area contributed by atoms with Gasteiger partial charge in [0, 0.05) is 54.7 Å². The molecule has 4 rings (SSSR count). The first-order chi connectivity index (χ1) is 16.7. The van der Waals surface area contributed by atoms with Crippen LogP contribution in [0.2, 0.25) is 0 Å². The Morgan fingerprint density at radius 3 is 2.19 bits per heavy atom. The molecule has 0 saturated carbocycles. The summed E-state index contributed by atoms with van der Waals surface area (Å²) in [7, 11) is 0. The van der Waals surface area contributed by atoms with Crippen LogP contribution in [0.1, 0.15) is 52.9 Å². The molecule has 0 bridgehead atoms. The fourth-order valence-corrected chi connectivity index (χ4v) is 3.39. The molecule has 1 radical (unpaired) electrons. The number of hydrogen-bond donors (Lipinski definition) is 1. The molecule has 197 valence electrons. The Bertz CT molecular complexity index is 1410. The second-order valence-electron chi connectivity index (χ2n) is 11.0. The first-order valence-corrected chi connectivity index (χ1v) is 12.0. The van der Waals surface area contributed by atoms with E-state index in [9.17, 15) is 9.90 Å². The van der Waals surface area contributed by atoms with Crippen LogP contribution in [0.4, 0.5) is 0 Å². The number of aliphatic hydroxyl groups excluding tert-OH is 1. The van der Waals surface area contributed by atoms with E-state index in [0.717, 1.165) is 22.2 Å². The first-order valence-electron chi connectivity index (χ1n) is 12.0. The molecule has 2 heterocycles. The van der Waals surface area contributed by atoms with Gasteiger partial charge in [-0.2, -0.15) is 6.07 Å². The number of ether oxygens (including phenoxy) is 1. The third-order valence-corrected chi connectivity index (χ3v) is 5.58. The van der Waals surface area contributed by atoms with Crippen molar-refractivity contribution in [3.8, 4) is 11.6 Å². The zero-order valence-electron chi connectivity index (χ0n) is 22.8. The molecule has 0 amide bonds. The maximum absolute atomic E-state index is 11.5. The summed E-state index contributed by atoms with van der Waals surface area (Å²) in [6, 6.07) is 19.5. The van der Waals surface area contributed by atoms with Gasteiger partial charge in [0.1, 0.15) is 5.76 Å². The molecule has 0 fully saturated rings. The van der Waals surface area contributed by atoms with Gasteiger partial charge in [-0.15, -0.1) is 6.07 Å². The van der Waals surface area contributed by atoms with Gasteiger partial charge in [-0.05, 0) is 41.4 Å². The summed E-state index contributed by atoms with van der Waals surface area (Å²) in [6.45, 7) is 15.0. The fraction of sp³-hybridized carbons (Fsp3) is 0.323. The van der Waals surface area contributed by atoms with E-state index in [2.05, 4.69) is 40.3 Å². The number of rotatable bonds is 3. The van der Waals surface area contributed by atoms with Crippen molar-refractivity contribution in [1.29, 1.82) is 0 Å². The predicted molar refractivity (Wildman–Crippen MR) is 146 cm³/mol. The number of aryl methyl sites for hydroxylation is 2. The smallest absolute Gasteiger partial charge is 0.216 e. The molecule has 1 N–H and O–H groups in total. The number of benzene rings is 2. The van der Waals surface area contributed by atoms with E-state index in [1.165, 1.54) is 16.8 Å². The maximum atomic E-state index is 11.5. The van der Waals surface area contributed by atoms with Crippen molar-refractivity contribution in [1.82, 2.24) is 9.97 Å². The number of hydrogen-bond acceptors (Lipinski definition) is 5. The minimum absolute atomic E-state index is 0. The molecular formula is C31H35IrN2O3-. The first kappa shape index (κ1) is 30.1. The number of nitrogens with zero attached hydrogens (tertiary/aromatic N) is 2. The van der Waals surface area contributed by atoms with Crippen molar-refractivity contribution in [3.05, 3.63) is 84.0 Å². The molecule has 0 unspecified atom stereocenters. The third-order valence-electron chi connectivity index (χ3n) is 5.58. The maximum Gasteiger partial charge on any atom is 0.216 e. The Morgan fingerprint density at radius 2 is 1.57 bits per heavy atom. The van der Waals surface area contributed by atoms with E-state index in [-0.39, 0.29) is 37.1 Å². The summed E-state index contributed by atoms with van der Waals surface area (Å²) in [5, 5.41) is 14.2. The number of fused-ring (bicyclic) bond motifs is 3. The van der Waals surface area contributed by atoms with Crippen molar-refractivity contribution >= 4 is 27.3 Å². The largest absolute Gasteiger partial charge is 0.512 e. The Hall–Kier alpha value is -3.08. The molecule has 5 nitrogen and oxygen atoms in total. The normalized spacial score (nSPS) is 11.9. The van der Waals surface area contributed by atoms with Crippen molar-refractivity contribution in [2.45, 2.75) is 55.4 Å². The quantitative estimate of drug-likeness (QED) is 0.103. The van der Waals surface area contributed by atoms with Crippen LogP contribution in [0, 0.1) is 30.7 Å². The number of aliphatic hydroxyl groups is 1. The van der Waals surface area contributed by atoms with Crippen molar-refractivity contribution in [2.24, 2.45) is 10.8 Å². The van der Waals surface area contributed by atoms with Crippen LogP contribution in [0.5, 0.6) is 11.6 Å². The summed E-state index contributed by atoms with van der Waals surface area (Å²) >= 11 is 0. The molecule has 0 saturated heterocycles. The van der Waals surface area contributed by atoms with Crippen LogP contribution in [0.15, 0.2) is 66.6 Å². The summed E-state index contributed by atoms with van der Waals surface area (Å²) in [5.74, 6) is 1.31. The van der Waals surface area contributed by atoms with Crippen molar-refractivity contribution in [3.63, 3.8) is 0 Å². The molecule has 2 aromatic heterocycles. The van der Waals surface area contributed by atoms with E-state index < -0.39 is 5.41 Å². The van der Waals surface area contributed by atoms with E-state index in [1.54, 1.807) is 0 Å². The van der Waals surface area contributed by atoms with E-state index in [4.69, 9.17) is 4.74 Å². The van der Waals surface area contributed by atoms with Gasteiger partial charge in [-0.25, -0.2) is 4.98 Å². The topological polar surface area (TPSA) is 72.3 Å². The molecule has 37 heavy (non-hydrogen) atoms. The monoisotopic (exact) mass is 676 g/mol. The SMILES string of the molecule is CC(C)(C)C(=O)/C=C(\O)C(C)(C)C.Cc1[c-]c(Oc2cc3c(ccc4ccccc43)cn2)cc(C)n1.[Ir]. The number of aromatic nitrogens is 2. The molecule has 6 heteroatoms. The minimum atomic E-state index is -0.417. The average Bonchev–Trinajstić information content (AvgIpc) is 2.77. The van der Waals surface area contributed by atoms with Gasteiger partial charge in [0.25, 0.3) is 0 Å². The number of allylic oxidation sites excluding steroid dienone is 2. The van der Waals surface area contributed by atoms with Gasteiger partial charge in [0.15, 0.2) is 5.78 Å². The Balaban J connectivity index is 0.000000299. The summed E-state index contributed by atoms with van der Waals surface area (Å²) < 4.78 is 5.89. The van der Waals surface area contributed by atoms with Gasteiger partial charge in [-0.3, -0.25) is 9.78 Å². The fourth-order valence-electron chi connectivity index (χ4n) is 3.39. The minimum Gasteiger partial charge on any atom is -0.512 e. The van der Waals surface area contributed by atoms with Crippen molar-refractivity contribution < 1.29 is 34.7 Å².